The van der Waals surface area contributed by atoms with Crippen molar-refractivity contribution in [1.29, 1.82) is 0 Å². The molecule has 0 radical (unpaired) electrons. The van der Waals surface area contributed by atoms with E-state index in [4.69, 9.17) is 0 Å². The van der Waals surface area contributed by atoms with Crippen molar-refractivity contribution in [1.82, 2.24) is 0 Å². The van der Waals surface area contributed by atoms with Crippen LogP contribution >= 0.6 is 0 Å². The fraction of sp³-hybridized carbons (Fsp3) is 0.444. The molecule has 0 saturated heterocycles. The third kappa shape index (κ3) is 3.21. The van der Waals surface area contributed by atoms with Crippen LogP contribution in [0.15, 0.2) is 21.7 Å². The minimum absolute atomic E-state index is 0.256. The Labute approximate surface area is 131 Å². The normalized spacial score (nSPS) is 11.7. The molecule has 0 saturated carbocycles. The Bertz CT molecular complexity index is 752. The van der Waals surface area contributed by atoms with E-state index >= 15 is 0 Å². The molecular formula is C18H24N2O2. The summed E-state index contributed by atoms with van der Waals surface area (Å²) in [6.45, 7) is 12.6. The Balaban J connectivity index is 2.22. The van der Waals surface area contributed by atoms with E-state index in [1.807, 2.05) is 20.8 Å². The summed E-state index contributed by atoms with van der Waals surface area (Å²) in [5.41, 5.74) is 4.45. The summed E-state index contributed by atoms with van der Waals surface area (Å²) in [7, 11) is 0. The van der Waals surface area contributed by atoms with Crippen LogP contribution in [0, 0.1) is 20.8 Å². The molecule has 2 aromatic rings. The molecule has 0 bridgehead atoms. The zero-order valence-electron chi connectivity index (χ0n) is 14.2. The molecule has 0 aliphatic carbocycles. The Morgan fingerprint density at radius 1 is 0.909 bits per heavy atom. The topological polar surface area (TPSA) is 58.2 Å². The summed E-state index contributed by atoms with van der Waals surface area (Å²) in [6, 6.07) is 4.25. The van der Waals surface area contributed by atoms with Crippen molar-refractivity contribution < 1.29 is 0 Å². The standard InChI is InChI=1S/C18H24N2O2/c1-10-7-11(2)13(12(3)8-10)9-19-14-15(17(22)16(14)21)20-18(4,5)6/h7-8,19-20H,9H2,1-6H3. The van der Waals surface area contributed by atoms with Gasteiger partial charge < -0.3 is 10.6 Å². The molecule has 4 heteroatoms. The van der Waals surface area contributed by atoms with Gasteiger partial charge in [0.1, 0.15) is 11.4 Å². The van der Waals surface area contributed by atoms with Crippen molar-refractivity contribution in [2.75, 3.05) is 10.6 Å². The van der Waals surface area contributed by atoms with E-state index in [9.17, 15) is 9.59 Å². The highest BCUT2D eigenvalue weighted by molar-refractivity contribution is 5.74. The van der Waals surface area contributed by atoms with Gasteiger partial charge in [0, 0.05) is 12.1 Å². The predicted molar refractivity (Wildman–Crippen MR) is 92.7 cm³/mol. The molecule has 0 fully saturated rings. The Hall–Kier alpha value is -2.10. The van der Waals surface area contributed by atoms with Gasteiger partial charge >= 0.3 is 0 Å². The van der Waals surface area contributed by atoms with Crippen LogP contribution in [-0.4, -0.2) is 5.54 Å². The molecule has 2 N–H and O–H groups in total. The second-order valence-corrected chi connectivity index (χ2v) is 7.01. The highest BCUT2D eigenvalue weighted by Crippen LogP contribution is 2.22. The maximum Gasteiger partial charge on any atom is 0.253 e. The fourth-order valence-corrected chi connectivity index (χ4v) is 2.72. The summed E-state index contributed by atoms with van der Waals surface area (Å²) >= 11 is 0. The van der Waals surface area contributed by atoms with E-state index in [1.165, 1.54) is 22.3 Å². The number of anilines is 2. The minimum Gasteiger partial charge on any atom is -0.376 e. The van der Waals surface area contributed by atoms with Crippen LogP contribution in [0.1, 0.15) is 43.0 Å². The summed E-state index contributed by atoms with van der Waals surface area (Å²) in [5.74, 6) is 0. The maximum absolute atomic E-state index is 11.8. The smallest absolute Gasteiger partial charge is 0.253 e. The zero-order chi connectivity index (χ0) is 16.7. The van der Waals surface area contributed by atoms with Crippen LogP contribution in [0.5, 0.6) is 0 Å². The molecule has 0 amide bonds. The highest BCUT2D eigenvalue weighted by atomic mass is 16.2. The van der Waals surface area contributed by atoms with Crippen LogP contribution in [0.2, 0.25) is 0 Å². The first-order chi connectivity index (χ1) is 10.1. The van der Waals surface area contributed by atoms with Gasteiger partial charge in [0.25, 0.3) is 10.9 Å². The molecule has 0 heterocycles. The quantitative estimate of drug-likeness (QED) is 0.852. The number of hydrogen-bond acceptors (Lipinski definition) is 4. The molecule has 0 aromatic heterocycles. The number of nitrogens with one attached hydrogen (secondary N) is 2. The molecule has 0 aliphatic rings. The highest BCUT2D eigenvalue weighted by Gasteiger charge is 2.24. The lowest BCUT2D eigenvalue weighted by atomic mass is 9.99. The molecule has 118 valence electrons. The van der Waals surface area contributed by atoms with Crippen molar-refractivity contribution in [2.45, 2.75) is 53.6 Å². The minimum atomic E-state index is -0.436. The largest absolute Gasteiger partial charge is 0.376 e. The third-order valence-corrected chi connectivity index (χ3v) is 3.69. The molecule has 0 spiro atoms. The van der Waals surface area contributed by atoms with Crippen molar-refractivity contribution in [3.63, 3.8) is 0 Å². The predicted octanol–water partition coefficient (Wildman–Crippen LogP) is 3.03. The van der Waals surface area contributed by atoms with Gasteiger partial charge in [0.15, 0.2) is 0 Å². The monoisotopic (exact) mass is 300 g/mol. The SMILES string of the molecule is Cc1cc(C)c(CNc2c(NC(C)(C)C)c(=O)c2=O)c(C)c1. The van der Waals surface area contributed by atoms with Gasteiger partial charge in [-0.3, -0.25) is 9.59 Å². The lowest BCUT2D eigenvalue weighted by molar-refractivity contribution is 0.632. The molecule has 0 aliphatic heterocycles. The van der Waals surface area contributed by atoms with Crippen molar-refractivity contribution >= 4 is 11.4 Å². The van der Waals surface area contributed by atoms with Gasteiger partial charge in [-0.2, -0.15) is 0 Å². The van der Waals surface area contributed by atoms with E-state index in [-0.39, 0.29) is 5.54 Å². The zero-order valence-corrected chi connectivity index (χ0v) is 14.2. The number of aryl methyl sites for hydroxylation is 3. The van der Waals surface area contributed by atoms with Gasteiger partial charge in [0.05, 0.1) is 0 Å². The Morgan fingerprint density at radius 2 is 1.41 bits per heavy atom. The molecular weight excluding hydrogens is 276 g/mol. The third-order valence-electron chi connectivity index (χ3n) is 3.69. The van der Waals surface area contributed by atoms with Crippen molar-refractivity contribution in [3.05, 3.63) is 54.8 Å². The average Bonchev–Trinajstić information content (AvgIpc) is 2.38. The van der Waals surface area contributed by atoms with E-state index in [0.29, 0.717) is 17.9 Å². The summed E-state index contributed by atoms with van der Waals surface area (Å²) in [6.07, 6.45) is 0. The lowest BCUT2D eigenvalue weighted by Crippen LogP contribution is -2.41. The number of benzene rings is 1. The van der Waals surface area contributed by atoms with Gasteiger partial charge in [-0.1, -0.05) is 17.7 Å². The Morgan fingerprint density at radius 3 is 1.91 bits per heavy atom. The van der Waals surface area contributed by atoms with E-state index in [0.717, 1.165) is 0 Å². The second kappa shape index (κ2) is 5.59. The summed E-state index contributed by atoms with van der Waals surface area (Å²) in [5, 5.41) is 6.24. The second-order valence-electron chi connectivity index (χ2n) is 7.01. The average molecular weight is 300 g/mol. The summed E-state index contributed by atoms with van der Waals surface area (Å²) < 4.78 is 0. The molecule has 4 nitrogen and oxygen atoms in total. The van der Waals surface area contributed by atoms with Crippen LogP contribution in [0.3, 0.4) is 0 Å². The molecule has 2 rings (SSSR count). The van der Waals surface area contributed by atoms with Crippen molar-refractivity contribution in [2.24, 2.45) is 0 Å². The van der Waals surface area contributed by atoms with Gasteiger partial charge in [-0.15, -0.1) is 0 Å². The van der Waals surface area contributed by atoms with Gasteiger partial charge in [-0.05, 0) is 58.2 Å². The van der Waals surface area contributed by atoms with Crippen LogP contribution in [0.4, 0.5) is 11.4 Å². The van der Waals surface area contributed by atoms with E-state index in [1.54, 1.807) is 0 Å². The molecule has 2 aromatic carbocycles. The lowest BCUT2D eigenvalue weighted by Gasteiger charge is -2.25. The number of hydrogen-bond donors (Lipinski definition) is 2. The first-order valence-electron chi connectivity index (χ1n) is 7.52. The fourth-order valence-electron chi connectivity index (χ4n) is 2.72. The van der Waals surface area contributed by atoms with Gasteiger partial charge in [0.2, 0.25) is 0 Å². The maximum atomic E-state index is 11.8. The van der Waals surface area contributed by atoms with Crippen molar-refractivity contribution in [3.8, 4) is 0 Å². The van der Waals surface area contributed by atoms with E-state index < -0.39 is 10.9 Å². The number of rotatable bonds is 4. The van der Waals surface area contributed by atoms with Crippen LogP contribution in [0.25, 0.3) is 0 Å². The summed E-state index contributed by atoms with van der Waals surface area (Å²) in [4.78, 5) is 23.5. The Kier molecular flexibility index (Phi) is 4.14. The first-order valence-corrected chi connectivity index (χ1v) is 7.52. The molecule has 22 heavy (non-hydrogen) atoms. The van der Waals surface area contributed by atoms with Crippen LogP contribution < -0.4 is 21.5 Å². The van der Waals surface area contributed by atoms with E-state index in [2.05, 4.69) is 43.5 Å². The molecule has 0 unspecified atom stereocenters. The molecule has 0 atom stereocenters. The van der Waals surface area contributed by atoms with Gasteiger partial charge in [-0.25, -0.2) is 0 Å². The first kappa shape index (κ1) is 16.3. The van der Waals surface area contributed by atoms with Crippen LogP contribution in [-0.2, 0) is 6.54 Å².